The van der Waals surface area contributed by atoms with Crippen molar-refractivity contribution < 1.29 is 4.79 Å². The highest BCUT2D eigenvalue weighted by Crippen LogP contribution is 2.13. The number of aldehydes is 1. The first-order chi connectivity index (χ1) is 7.38. The van der Waals surface area contributed by atoms with Gasteiger partial charge in [-0.1, -0.05) is 30.3 Å². The lowest BCUT2D eigenvalue weighted by Crippen LogP contribution is -1.89. The molecule has 0 atom stereocenters. The Morgan fingerprint density at radius 2 is 2.00 bits per heavy atom. The fourth-order valence-corrected chi connectivity index (χ4v) is 2.13. The summed E-state index contributed by atoms with van der Waals surface area (Å²) < 4.78 is 0. The minimum atomic E-state index is 0.707. The second kappa shape index (κ2) is 4.84. The zero-order valence-electron chi connectivity index (χ0n) is 8.22. The molecule has 0 aliphatic heterocycles. The molecule has 3 heteroatoms. The summed E-state index contributed by atoms with van der Waals surface area (Å²) in [5, 5.41) is 1.03. The van der Waals surface area contributed by atoms with E-state index < -0.39 is 0 Å². The Bertz CT molecular complexity index is 436. The van der Waals surface area contributed by atoms with Crippen molar-refractivity contribution in [2.75, 3.05) is 0 Å². The number of hydrogen-bond donors (Lipinski definition) is 0. The minimum absolute atomic E-state index is 0.707. The number of thiazole rings is 1. The van der Waals surface area contributed by atoms with Crippen LogP contribution in [-0.2, 0) is 12.8 Å². The number of carbonyl (C=O) groups excluding carboxylic acids is 1. The molecule has 0 saturated heterocycles. The molecule has 0 amide bonds. The van der Waals surface area contributed by atoms with E-state index in [2.05, 4.69) is 17.1 Å². The Morgan fingerprint density at radius 3 is 2.67 bits per heavy atom. The van der Waals surface area contributed by atoms with Crippen LogP contribution in [0.25, 0.3) is 0 Å². The number of nitrogens with zero attached hydrogens (tertiary/aromatic N) is 1. The highest BCUT2D eigenvalue weighted by atomic mass is 32.1. The molecule has 2 nitrogen and oxygen atoms in total. The van der Waals surface area contributed by atoms with Crippen LogP contribution in [0.1, 0.15) is 20.2 Å². The van der Waals surface area contributed by atoms with E-state index in [1.54, 1.807) is 6.20 Å². The van der Waals surface area contributed by atoms with E-state index in [0.29, 0.717) is 4.88 Å². The molecule has 2 rings (SSSR count). The molecule has 0 fully saturated rings. The molecule has 0 bridgehead atoms. The van der Waals surface area contributed by atoms with Crippen LogP contribution in [0.2, 0.25) is 0 Å². The smallest absolute Gasteiger partial charge is 0.161 e. The molecule has 0 spiro atoms. The topological polar surface area (TPSA) is 30.0 Å². The van der Waals surface area contributed by atoms with Gasteiger partial charge in [0, 0.05) is 12.6 Å². The van der Waals surface area contributed by atoms with Gasteiger partial charge >= 0.3 is 0 Å². The zero-order chi connectivity index (χ0) is 10.5. The third kappa shape index (κ3) is 2.73. The number of carbonyl (C=O) groups is 1. The van der Waals surface area contributed by atoms with Crippen molar-refractivity contribution in [1.82, 2.24) is 4.98 Å². The van der Waals surface area contributed by atoms with Crippen LogP contribution in [0.4, 0.5) is 0 Å². The van der Waals surface area contributed by atoms with Crippen LogP contribution in [0.3, 0.4) is 0 Å². The van der Waals surface area contributed by atoms with Crippen molar-refractivity contribution in [2.24, 2.45) is 0 Å². The van der Waals surface area contributed by atoms with Crippen LogP contribution in [0.5, 0.6) is 0 Å². The molecule has 0 aliphatic rings. The van der Waals surface area contributed by atoms with Gasteiger partial charge in [-0.25, -0.2) is 4.98 Å². The van der Waals surface area contributed by atoms with Gasteiger partial charge < -0.3 is 0 Å². The fourth-order valence-electron chi connectivity index (χ4n) is 1.39. The third-order valence-corrected chi connectivity index (χ3v) is 3.14. The summed E-state index contributed by atoms with van der Waals surface area (Å²) in [6, 6.07) is 10.3. The van der Waals surface area contributed by atoms with Crippen LogP contribution in [-0.4, -0.2) is 11.3 Å². The number of rotatable bonds is 4. The van der Waals surface area contributed by atoms with Gasteiger partial charge in [-0.3, -0.25) is 4.79 Å². The third-order valence-electron chi connectivity index (χ3n) is 2.16. The summed E-state index contributed by atoms with van der Waals surface area (Å²) >= 11 is 1.47. The second-order valence-electron chi connectivity index (χ2n) is 3.26. The average molecular weight is 217 g/mol. The predicted molar refractivity (Wildman–Crippen MR) is 61.4 cm³/mol. The monoisotopic (exact) mass is 217 g/mol. The van der Waals surface area contributed by atoms with E-state index in [4.69, 9.17) is 0 Å². The molecular formula is C12H11NOS. The van der Waals surface area contributed by atoms with Gasteiger partial charge in [0.05, 0.1) is 9.88 Å². The summed E-state index contributed by atoms with van der Waals surface area (Å²) in [5.74, 6) is 0. The summed E-state index contributed by atoms with van der Waals surface area (Å²) in [6.07, 6.45) is 4.37. The first-order valence-electron chi connectivity index (χ1n) is 4.82. The molecule has 15 heavy (non-hydrogen) atoms. The zero-order valence-corrected chi connectivity index (χ0v) is 9.04. The quantitative estimate of drug-likeness (QED) is 0.737. The first-order valence-corrected chi connectivity index (χ1v) is 5.64. The van der Waals surface area contributed by atoms with Crippen molar-refractivity contribution in [3.63, 3.8) is 0 Å². The van der Waals surface area contributed by atoms with Gasteiger partial charge in [0.25, 0.3) is 0 Å². The highest BCUT2D eigenvalue weighted by molar-refractivity contribution is 7.13. The maximum absolute atomic E-state index is 10.5. The van der Waals surface area contributed by atoms with E-state index in [1.807, 2.05) is 18.2 Å². The van der Waals surface area contributed by atoms with Crippen molar-refractivity contribution in [3.05, 3.63) is 52.0 Å². The van der Waals surface area contributed by atoms with E-state index in [0.717, 1.165) is 24.1 Å². The lowest BCUT2D eigenvalue weighted by molar-refractivity contribution is 0.112. The molecular weight excluding hydrogens is 206 g/mol. The molecule has 0 radical (unpaired) electrons. The second-order valence-corrected chi connectivity index (χ2v) is 4.41. The fraction of sp³-hybridized carbons (Fsp3) is 0.167. The highest BCUT2D eigenvalue weighted by Gasteiger charge is 2.01. The maximum atomic E-state index is 10.5. The predicted octanol–water partition coefficient (Wildman–Crippen LogP) is 2.74. The Kier molecular flexibility index (Phi) is 3.25. The van der Waals surface area contributed by atoms with Gasteiger partial charge in [-0.05, 0) is 12.0 Å². The Hall–Kier alpha value is -1.48. The summed E-state index contributed by atoms with van der Waals surface area (Å²) in [4.78, 5) is 15.4. The van der Waals surface area contributed by atoms with Gasteiger partial charge in [0.15, 0.2) is 6.29 Å². The standard InChI is InChI=1S/C12H11NOS/c14-9-11-8-13-12(15-11)7-6-10-4-2-1-3-5-10/h1-5,8-9H,6-7H2. The Balaban J connectivity index is 1.96. The van der Waals surface area contributed by atoms with E-state index in [9.17, 15) is 4.79 Å². The molecule has 0 N–H and O–H groups in total. The normalized spacial score (nSPS) is 10.1. The number of aryl methyl sites for hydroxylation is 2. The number of hydrogen-bond acceptors (Lipinski definition) is 3. The molecule has 0 unspecified atom stereocenters. The van der Waals surface area contributed by atoms with Crippen molar-refractivity contribution >= 4 is 17.6 Å². The van der Waals surface area contributed by atoms with Crippen LogP contribution >= 0.6 is 11.3 Å². The lowest BCUT2D eigenvalue weighted by atomic mass is 10.1. The van der Waals surface area contributed by atoms with E-state index >= 15 is 0 Å². The van der Waals surface area contributed by atoms with E-state index in [1.165, 1.54) is 16.9 Å². The van der Waals surface area contributed by atoms with E-state index in [-0.39, 0.29) is 0 Å². The van der Waals surface area contributed by atoms with Crippen molar-refractivity contribution in [3.8, 4) is 0 Å². The molecule has 1 aromatic carbocycles. The molecule has 1 aromatic heterocycles. The van der Waals surface area contributed by atoms with Gasteiger partial charge in [0.1, 0.15) is 0 Å². The Morgan fingerprint density at radius 1 is 1.20 bits per heavy atom. The molecule has 76 valence electrons. The maximum Gasteiger partial charge on any atom is 0.161 e. The van der Waals surface area contributed by atoms with Crippen molar-refractivity contribution in [1.29, 1.82) is 0 Å². The van der Waals surface area contributed by atoms with Crippen LogP contribution in [0, 0.1) is 0 Å². The lowest BCUT2D eigenvalue weighted by Gasteiger charge is -1.97. The van der Waals surface area contributed by atoms with Gasteiger partial charge in [0.2, 0.25) is 0 Å². The number of aromatic nitrogens is 1. The molecule has 2 aromatic rings. The van der Waals surface area contributed by atoms with Gasteiger partial charge in [-0.15, -0.1) is 11.3 Å². The summed E-state index contributed by atoms with van der Waals surface area (Å²) in [5.41, 5.74) is 1.31. The van der Waals surface area contributed by atoms with Gasteiger partial charge in [-0.2, -0.15) is 0 Å². The number of benzene rings is 1. The largest absolute Gasteiger partial charge is 0.297 e. The molecule has 1 heterocycles. The SMILES string of the molecule is O=Cc1cnc(CCc2ccccc2)s1. The Labute approximate surface area is 92.6 Å². The molecule has 0 saturated carbocycles. The minimum Gasteiger partial charge on any atom is -0.297 e. The van der Waals surface area contributed by atoms with Crippen molar-refractivity contribution in [2.45, 2.75) is 12.8 Å². The summed E-state index contributed by atoms with van der Waals surface area (Å²) in [6.45, 7) is 0. The van der Waals surface area contributed by atoms with Crippen LogP contribution < -0.4 is 0 Å². The first kappa shape index (κ1) is 10.1. The summed E-state index contributed by atoms with van der Waals surface area (Å²) in [7, 11) is 0. The van der Waals surface area contributed by atoms with Crippen LogP contribution in [0.15, 0.2) is 36.5 Å². The average Bonchev–Trinajstić information content (AvgIpc) is 2.76. The molecule has 0 aliphatic carbocycles.